The van der Waals surface area contributed by atoms with Gasteiger partial charge >= 0.3 is 5.97 Å². The Bertz CT molecular complexity index is 655. The van der Waals surface area contributed by atoms with Gasteiger partial charge in [0.25, 0.3) is 11.7 Å². The molecular formula is C15H19ClN2O4. The summed E-state index contributed by atoms with van der Waals surface area (Å²) in [5.41, 5.74) is -0.119. The third kappa shape index (κ3) is 3.02. The number of Topliss-reactive ketones (excluding diaryl/α,β-unsaturated/α-hetero) is 1. The summed E-state index contributed by atoms with van der Waals surface area (Å²) in [5.74, 6) is -2.75. The molecule has 120 valence electrons. The van der Waals surface area contributed by atoms with Gasteiger partial charge in [-0.25, -0.2) is 4.79 Å². The first-order valence-corrected chi connectivity index (χ1v) is 7.52. The van der Waals surface area contributed by atoms with Crippen LogP contribution in [0.3, 0.4) is 0 Å². The minimum atomic E-state index is -1.18. The van der Waals surface area contributed by atoms with Crippen LogP contribution in [-0.2, 0) is 17.8 Å². The molecule has 6 nitrogen and oxygen atoms in total. The van der Waals surface area contributed by atoms with E-state index in [9.17, 15) is 19.5 Å². The molecule has 0 aliphatic carbocycles. The average Bonchev–Trinajstić information content (AvgIpc) is 2.67. The molecule has 0 atom stereocenters. The van der Waals surface area contributed by atoms with Crippen molar-refractivity contribution in [3.8, 4) is 0 Å². The van der Waals surface area contributed by atoms with Crippen LogP contribution in [0, 0.1) is 0 Å². The zero-order chi connectivity index (χ0) is 16.7. The maximum atomic E-state index is 12.4. The number of carboxylic acids is 1. The summed E-state index contributed by atoms with van der Waals surface area (Å²) < 4.78 is 1.58. The summed E-state index contributed by atoms with van der Waals surface area (Å²) in [7, 11) is 0. The highest BCUT2D eigenvalue weighted by Crippen LogP contribution is 2.32. The number of ketones is 1. The number of nitrogens with zero attached hydrogens (tertiary/aromatic N) is 1. The largest absolute Gasteiger partial charge is 0.478 e. The number of halogens is 1. The van der Waals surface area contributed by atoms with E-state index in [1.807, 2.05) is 0 Å². The van der Waals surface area contributed by atoms with Gasteiger partial charge in [0.15, 0.2) is 0 Å². The van der Waals surface area contributed by atoms with Crippen molar-refractivity contribution in [3.63, 3.8) is 0 Å². The molecule has 1 aliphatic rings. The Kier molecular flexibility index (Phi) is 4.33. The lowest BCUT2D eigenvalue weighted by Crippen LogP contribution is -2.44. The van der Waals surface area contributed by atoms with Crippen LogP contribution in [-0.4, -0.2) is 32.9 Å². The summed E-state index contributed by atoms with van der Waals surface area (Å²) in [6.07, 6.45) is 2.19. The lowest BCUT2D eigenvalue weighted by atomic mass is 10.1. The van der Waals surface area contributed by atoms with E-state index in [1.54, 1.807) is 25.3 Å². The molecule has 0 bridgehead atoms. The van der Waals surface area contributed by atoms with Crippen molar-refractivity contribution in [3.05, 3.63) is 22.0 Å². The molecule has 22 heavy (non-hydrogen) atoms. The SMILES string of the molecule is CC(C)(C)NC(=O)C(=O)c1c(Cl)c(C(=O)O)c2n1CCCC2. The van der Waals surface area contributed by atoms with E-state index in [-0.39, 0.29) is 16.3 Å². The van der Waals surface area contributed by atoms with Crippen molar-refractivity contribution in [2.24, 2.45) is 0 Å². The predicted molar refractivity (Wildman–Crippen MR) is 81.6 cm³/mol. The Hall–Kier alpha value is -1.82. The van der Waals surface area contributed by atoms with Crippen LogP contribution >= 0.6 is 11.6 Å². The van der Waals surface area contributed by atoms with Crippen LogP contribution in [0.1, 0.15) is 60.2 Å². The summed E-state index contributed by atoms with van der Waals surface area (Å²) in [6.45, 7) is 5.77. The van der Waals surface area contributed by atoms with Crippen LogP contribution in [0.5, 0.6) is 0 Å². The number of fused-ring (bicyclic) bond motifs is 1. The van der Waals surface area contributed by atoms with Crippen LogP contribution in [0.2, 0.25) is 5.02 Å². The third-order valence-electron chi connectivity index (χ3n) is 3.48. The van der Waals surface area contributed by atoms with Crippen LogP contribution in [0.4, 0.5) is 0 Å². The van der Waals surface area contributed by atoms with Gasteiger partial charge < -0.3 is 15.0 Å². The second-order valence-corrected chi connectivity index (χ2v) is 6.81. The Morgan fingerprint density at radius 1 is 1.23 bits per heavy atom. The van der Waals surface area contributed by atoms with Gasteiger partial charge in [0.2, 0.25) is 0 Å². The number of aromatic nitrogens is 1. The third-order valence-corrected chi connectivity index (χ3v) is 3.85. The quantitative estimate of drug-likeness (QED) is 0.658. The molecule has 2 heterocycles. The standard InChI is InChI=1S/C15H19ClN2O4/c1-15(2,3)17-13(20)12(19)11-10(16)9(14(21)22)8-6-4-5-7-18(8)11/h4-7H2,1-3H3,(H,17,20)(H,21,22). The van der Waals surface area contributed by atoms with E-state index in [0.717, 1.165) is 12.8 Å². The smallest absolute Gasteiger partial charge is 0.339 e. The topological polar surface area (TPSA) is 88.4 Å². The molecule has 0 spiro atoms. The molecular weight excluding hydrogens is 308 g/mol. The highest BCUT2D eigenvalue weighted by molar-refractivity contribution is 6.47. The highest BCUT2D eigenvalue weighted by Gasteiger charge is 2.34. The van der Waals surface area contributed by atoms with Gasteiger partial charge in [-0.05, 0) is 40.0 Å². The van der Waals surface area contributed by atoms with Crippen LogP contribution < -0.4 is 5.32 Å². The summed E-state index contributed by atoms with van der Waals surface area (Å²) in [4.78, 5) is 36.0. The molecule has 0 aromatic carbocycles. The molecule has 0 fully saturated rings. The average molecular weight is 327 g/mol. The zero-order valence-corrected chi connectivity index (χ0v) is 13.6. The van der Waals surface area contributed by atoms with Gasteiger partial charge in [-0.1, -0.05) is 11.6 Å². The van der Waals surface area contributed by atoms with E-state index in [0.29, 0.717) is 18.7 Å². The molecule has 1 aromatic heterocycles. The summed E-state index contributed by atoms with van der Waals surface area (Å²) in [5, 5.41) is 11.8. The number of carbonyl (C=O) groups is 3. The molecule has 7 heteroatoms. The number of amides is 1. The van der Waals surface area contributed by atoms with Crippen molar-refractivity contribution in [2.45, 2.75) is 52.1 Å². The van der Waals surface area contributed by atoms with Crippen molar-refractivity contribution in [2.75, 3.05) is 0 Å². The fourth-order valence-corrected chi connectivity index (χ4v) is 3.02. The Balaban J connectivity index is 2.49. The second-order valence-electron chi connectivity index (χ2n) is 6.43. The first kappa shape index (κ1) is 16.5. The number of rotatable bonds is 3. The minimum Gasteiger partial charge on any atom is -0.478 e. The maximum Gasteiger partial charge on any atom is 0.339 e. The van der Waals surface area contributed by atoms with E-state index in [2.05, 4.69) is 5.32 Å². The van der Waals surface area contributed by atoms with Gasteiger partial charge in [0, 0.05) is 17.8 Å². The van der Waals surface area contributed by atoms with Crippen molar-refractivity contribution in [1.82, 2.24) is 9.88 Å². The van der Waals surface area contributed by atoms with Crippen LogP contribution in [0.15, 0.2) is 0 Å². The molecule has 0 saturated carbocycles. The fourth-order valence-electron chi connectivity index (χ4n) is 2.65. The lowest BCUT2D eigenvalue weighted by Gasteiger charge is -2.21. The normalized spacial score (nSPS) is 14.4. The number of aromatic carboxylic acids is 1. The predicted octanol–water partition coefficient (Wildman–Crippen LogP) is 2.27. The van der Waals surface area contributed by atoms with Gasteiger partial charge in [0.1, 0.15) is 5.69 Å². The van der Waals surface area contributed by atoms with Gasteiger partial charge in [-0.2, -0.15) is 0 Å². The molecule has 0 unspecified atom stereocenters. The Morgan fingerprint density at radius 3 is 2.41 bits per heavy atom. The van der Waals surface area contributed by atoms with Crippen molar-refractivity contribution >= 4 is 29.3 Å². The van der Waals surface area contributed by atoms with Crippen LogP contribution in [0.25, 0.3) is 0 Å². The highest BCUT2D eigenvalue weighted by atomic mass is 35.5. The second kappa shape index (κ2) is 5.76. The molecule has 2 N–H and O–H groups in total. The number of carbonyl (C=O) groups excluding carboxylic acids is 2. The molecule has 1 aliphatic heterocycles. The Morgan fingerprint density at radius 2 is 1.86 bits per heavy atom. The summed E-state index contributed by atoms with van der Waals surface area (Å²) in [6, 6.07) is 0. The lowest BCUT2D eigenvalue weighted by molar-refractivity contribution is -0.118. The minimum absolute atomic E-state index is 0.0180. The van der Waals surface area contributed by atoms with Crippen molar-refractivity contribution < 1.29 is 19.5 Å². The van der Waals surface area contributed by atoms with E-state index >= 15 is 0 Å². The Labute approximate surface area is 133 Å². The number of hydrogen-bond donors (Lipinski definition) is 2. The maximum absolute atomic E-state index is 12.4. The van der Waals surface area contributed by atoms with Gasteiger partial charge in [-0.15, -0.1) is 0 Å². The van der Waals surface area contributed by atoms with Gasteiger partial charge in [0.05, 0.1) is 10.6 Å². The first-order valence-electron chi connectivity index (χ1n) is 7.14. The molecule has 0 saturated heterocycles. The fraction of sp³-hybridized carbons (Fsp3) is 0.533. The summed E-state index contributed by atoms with van der Waals surface area (Å²) >= 11 is 6.12. The molecule has 1 aromatic rings. The van der Waals surface area contributed by atoms with Crippen molar-refractivity contribution in [1.29, 1.82) is 0 Å². The number of hydrogen-bond acceptors (Lipinski definition) is 3. The molecule has 1 amide bonds. The zero-order valence-electron chi connectivity index (χ0n) is 12.8. The molecule has 2 rings (SSSR count). The molecule has 0 radical (unpaired) electrons. The number of carboxylic acid groups (broad SMARTS) is 1. The first-order chi connectivity index (χ1) is 10.1. The van der Waals surface area contributed by atoms with E-state index < -0.39 is 23.2 Å². The van der Waals surface area contributed by atoms with Gasteiger partial charge in [-0.3, -0.25) is 9.59 Å². The van der Waals surface area contributed by atoms with E-state index in [1.165, 1.54) is 0 Å². The number of nitrogens with one attached hydrogen (secondary N) is 1. The van der Waals surface area contributed by atoms with E-state index in [4.69, 9.17) is 11.6 Å². The monoisotopic (exact) mass is 326 g/mol.